The van der Waals surface area contributed by atoms with Gasteiger partial charge in [-0.15, -0.1) is 0 Å². The van der Waals surface area contributed by atoms with E-state index in [0.717, 1.165) is 4.31 Å². The lowest BCUT2D eigenvalue weighted by Crippen LogP contribution is -2.33. The molecule has 2 N–H and O–H groups in total. The summed E-state index contributed by atoms with van der Waals surface area (Å²) >= 11 is 0. The maximum atomic E-state index is 12.2. The van der Waals surface area contributed by atoms with E-state index in [-0.39, 0.29) is 22.5 Å². The Kier molecular flexibility index (Phi) is 4.81. The second-order valence-corrected chi connectivity index (χ2v) is 7.96. The quantitative estimate of drug-likeness (QED) is 0.817. The number of carboxylic acid groups (broad SMARTS) is 1. The van der Waals surface area contributed by atoms with Crippen molar-refractivity contribution in [1.82, 2.24) is 9.62 Å². The topological polar surface area (TPSA) is 117 Å². The predicted molar refractivity (Wildman–Crippen MR) is 80.5 cm³/mol. The van der Waals surface area contributed by atoms with E-state index in [1.165, 1.54) is 27.1 Å². The number of carbonyl (C=O) groups is 2. The van der Waals surface area contributed by atoms with Crippen LogP contribution in [0.25, 0.3) is 0 Å². The van der Waals surface area contributed by atoms with Crippen LogP contribution in [-0.4, -0.2) is 49.8 Å². The van der Waals surface area contributed by atoms with Crippen LogP contribution in [0.15, 0.2) is 15.4 Å². The molecule has 8 nitrogen and oxygen atoms in total. The molecule has 1 aliphatic rings. The van der Waals surface area contributed by atoms with Crippen LogP contribution in [0.2, 0.25) is 0 Å². The van der Waals surface area contributed by atoms with Gasteiger partial charge in [-0.25, -0.2) is 12.7 Å². The van der Waals surface area contributed by atoms with Gasteiger partial charge in [0.15, 0.2) is 5.76 Å². The maximum Gasteiger partial charge on any atom is 0.306 e. The number of nitrogens with zero attached hydrogens (tertiary/aromatic N) is 1. The van der Waals surface area contributed by atoms with Gasteiger partial charge >= 0.3 is 5.97 Å². The lowest BCUT2D eigenvalue weighted by Gasteiger charge is -2.10. The number of aliphatic carboxylic acids is 1. The third kappa shape index (κ3) is 3.56. The summed E-state index contributed by atoms with van der Waals surface area (Å²) in [6.45, 7) is 1.48. The zero-order chi connectivity index (χ0) is 17.4. The first-order valence-electron chi connectivity index (χ1n) is 7.19. The fourth-order valence-corrected chi connectivity index (χ4v) is 3.68. The molecule has 0 aromatic carbocycles. The normalized spacial score (nSPS) is 21.6. The molecular weight excluding hydrogens is 324 g/mol. The van der Waals surface area contributed by atoms with E-state index in [2.05, 4.69) is 5.32 Å². The molecule has 1 aromatic rings. The molecule has 2 atom stereocenters. The Hall–Kier alpha value is -1.87. The van der Waals surface area contributed by atoms with Crippen molar-refractivity contribution in [1.29, 1.82) is 0 Å². The Labute approximate surface area is 134 Å². The van der Waals surface area contributed by atoms with Crippen molar-refractivity contribution in [2.75, 3.05) is 14.1 Å². The molecule has 1 aromatic heterocycles. The molecule has 0 saturated heterocycles. The number of rotatable bonds is 5. The molecule has 1 heterocycles. The highest BCUT2D eigenvalue weighted by atomic mass is 32.2. The monoisotopic (exact) mass is 344 g/mol. The van der Waals surface area contributed by atoms with Crippen molar-refractivity contribution < 1.29 is 27.5 Å². The maximum absolute atomic E-state index is 12.2. The molecule has 1 aliphatic carbocycles. The lowest BCUT2D eigenvalue weighted by atomic mass is 10.1. The van der Waals surface area contributed by atoms with Crippen LogP contribution in [0.4, 0.5) is 0 Å². The van der Waals surface area contributed by atoms with Gasteiger partial charge in [0.1, 0.15) is 10.7 Å². The van der Waals surface area contributed by atoms with Crippen molar-refractivity contribution in [3.8, 4) is 0 Å². The van der Waals surface area contributed by atoms with Gasteiger partial charge in [-0.3, -0.25) is 9.59 Å². The average molecular weight is 344 g/mol. The number of nitrogens with one attached hydrogen (secondary N) is 1. The fourth-order valence-electron chi connectivity index (χ4n) is 2.62. The zero-order valence-electron chi connectivity index (χ0n) is 13.2. The summed E-state index contributed by atoms with van der Waals surface area (Å²) < 4.78 is 30.5. The number of carbonyl (C=O) groups excluding carboxylic acids is 1. The Balaban J connectivity index is 2.12. The van der Waals surface area contributed by atoms with E-state index >= 15 is 0 Å². The number of carboxylic acids is 1. The summed E-state index contributed by atoms with van der Waals surface area (Å²) in [6, 6.07) is 0.951. The van der Waals surface area contributed by atoms with Crippen molar-refractivity contribution in [3.63, 3.8) is 0 Å². The number of hydrogen-bond acceptors (Lipinski definition) is 5. The third-order valence-corrected chi connectivity index (χ3v) is 5.89. The summed E-state index contributed by atoms with van der Waals surface area (Å²) in [4.78, 5) is 23.0. The van der Waals surface area contributed by atoms with Crippen LogP contribution in [0.3, 0.4) is 0 Å². The minimum Gasteiger partial charge on any atom is -0.481 e. The van der Waals surface area contributed by atoms with E-state index in [4.69, 9.17) is 9.52 Å². The summed E-state index contributed by atoms with van der Waals surface area (Å²) in [5.41, 5.74) is 0. The van der Waals surface area contributed by atoms with Crippen molar-refractivity contribution in [2.45, 2.75) is 37.1 Å². The van der Waals surface area contributed by atoms with Gasteiger partial charge in [0.2, 0.25) is 10.0 Å². The van der Waals surface area contributed by atoms with Crippen LogP contribution in [0, 0.1) is 12.8 Å². The second kappa shape index (κ2) is 6.32. The number of sulfonamides is 1. The van der Waals surface area contributed by atoms with Crippen LogP contribution in [0.1, 0.15) is 35.6 Å². The van der Waals surface area contributed by atoms with Crippen LogP contribution >= 0.6 is 0 Å². The summed E-state index contributed by atoms with van der Waals surface area (Å²) in [5, 5.41) is 11.7. The molecule has 0 bridgehead atoms. The molecule has 1 fully saturated rings. The summed E-state index contributed by atoms with van der Waals surface area (Å²) in [6.07, 6.45) is 1.45. The van der Waals surface area contributed by atoms with Gasteiger partial charge in [0.25, 0.3) is 5.91 Å². The zero-order valence-corrected chi connectivity index (χ0v) is 14.0. The van der Waals surface area contributed by atoms with Gasteiger partial charge in [0, 0.05) is 26.2 Å². The number of hydrogen-bond donors (Lipinski definition) is 2. The molecule has 0 spiro atoms. The molecule has 0 aliphatic heterocycles. The minimum absolute atomic E-state index is 0.0533. The second-order valence-electron chi connectivity index (χ2n) is 5.84. The first-order chi connectivity index (χ1) is 10.6. The SMILES string of the molecule is Cc1oc(C(=O)N[C@@H]2CC[C@H](C(=O)O)C2)cc1S(=O)(=O)N(C)C. The molecule has 2 rings (SSSR count). The average Bonchev–Trinajstić information content (AvgIpc) is 3.05. The molecule has 0 unspecified atom stereocenters. The Morgan fingerprint density at radius 3 is 2.52 bits per heavy atom. The van der Waals surface area contributed by atoms with Crippen LogP contribution < -0.4 is 5.32 Å². The Morgan fingerprint density at radius 2 is 2.00 bits per heavy atom. The molecular formula is C14H20N2O6S. The minimum atomic E-state index is -3.69. The first-order valence-corrected chi connectivity index (χ1v) is 8.63. The number of furan rings is 1. The molecule has 23 heavy (non-hydrogen) atoms. The highest BCUT2D eigenvalue weighted by Crippen LogP contribution is 2.27. The molecule has 128 valence electrons. The number of aryl methyl sites for hydroxylation is 1. The van der Waals surface area contributed by atoms with E-state index < -0.39 is 27.8 Å². The van der Waals surface area contributed by atoms with Crippen LogP contribution in [0.5, 0.6) is 0 Å². The van der Waals surface area contributed by atoms with Gasteiger partial charge in [-0.1, -0.05) is 0 Å². The third-order valence-electron chi connectivity index (χ3n) is 3.97. The molecule has 9 heteroatoms. The van der Waals surface area contributed by atoms with E-state index in [9.17, 15) is 18.0 Å². The highest BCUT2D eigenvalue weighted by Gasteiger charge is 2.32. The van der Waals surface area contributed by atoms with E-state index in [1.54, 1.807) is 0 Å². The smallest absolute Gasteiger partial charge is 0.306 e. The first kappa shape index (κ1) is 17.5. The largest absolute Gasteiger partial charge is 0.481 e. The standard InChI is InChI=1S/C14H20N2O6S/c1-8-12(23(20,21)16(2)3)7-11(22-8)13(17)15-10-5-4-9(6-10)14(18)19/h7,9-10H,4-6H2,1-3H3,(H,15,17)(H,18,19)/t9-,10+/m0/s1. The highest BCUT2D eigenvalue weighted by molar-refractivity contribution is 7.89. The van der Waals surface area contributed by atoms with Crippen molar-refractivity contribution in [3.05, 3.63) is 17.6 Å². The Bertz CT molecular complexity index is 722. The summed E-state index contributed by atoms with van der Waals surface area (Å²) in [7, 11) is -0.896. The molecule has 0 radical (unpaired) electrons. The Morgan fingerprint density at radius 1 is 1.35 bits per heavy atom. The van der Waals surface area contributed by atoms with Gasteiger partial charge in [-0.05, 0) is 26.2 Å². The molecule has 1 saturated carbocycles. The summed E-state index contributed by atoms with van der Waals surface area (Å²) in [5.74, 6) is -1.82. The van der Waals surface area contributed by atoms with Gasteiger partial charge in [-0.2, -0.15) is 0 Å². The van der Waals surface area contributed by atoms with E-state index in [0.29, 0.717) is 19.3 Å². The molecule has 1 amide bonds. The number of amides is 1. The lowest BCUT2D eigenvalue weighted by molar-refractivity contribution is -0.141. The van der Waals surface area contributed by atoms with Gasteiger partial charge in [0.05, 0.1) is 5.92 Å². The van der Waals surface area contributed by atoms with E-state index in [1.807, 2.05) is 0 Å². The fraction of sp³-hybridized carbons (Fsp3) is 0.571. The van der Waals surface area contributed by atoms with Crippen molar-refractivity contribution >= 4 is 21.9 Å². The predicted octanol–water partition coefficient (Wildman–Crippen LogP) is 0.821. The van der Waals surface area contributed by atoms with Gasteiger partial charge < -0.3 is 14.8 Å². The van der Waals surface area contributed by atoms with Crippen LogP contribution in [-0.2, 0) is 14.8 Å². The van der Waals surface area contributed by atoms with Crippen molar-refractivity contribution in [2.24, 2.45) is 5.92 Å².